The second kappa shape index (κ2) is 6.48. The highest BCUT2D eigenvalue weighted by Gasteiger charge is 2.31. The standard InChI is InChI=1S/C17H23N3O2/c1-2-16(21)19-14-5-3-4-12(10-14)17(22)20-9-8-13-6-7-15(11-20)18-13/h3-5,10,13,15,18H,2,6-9,11H2,1H3,(H,19,21). The van der Waals surface area contributed by atoms with E-state index in [1.54, 1.807) is 6.07 Å². The number of hydrogen-bond acceptors (Lipinski definition) is 3. The molecule has 0 spiro atoms. The molecule has 1 aromatic rings. The van der Waals surface area contributed by atoms with Crippen molar-refractivity contribution in [3.8, 4) is 0 Å². The number of nitrogens with zero attached hydrogens (tertiary/aromatic N) is 1. The zero-order valence-electron chi connectivity index (χ0n) is 13.0. The van der Waals surface area contributed by atoms with Crippen LogP contribution >= 0.6 is 0 Å². The summed E-state index contributed by atoms with van der Waals surface area (Å²) in [5, 5.41) is 6.39. The van der Waals surface area contributed by atoms with Gasteiger partial charge in [-0.15, -0.1) is 0 Å². The van der Waals surface area contributed by atoms with Crippen molar-refractivity contribution in [1.82, 2.24) is 10.2 Å². The van der Waals surface area contributed by atoms with E-state index in [-0.39, 0.29) is 11.8 Å². The fourth-order valence-electron chi connectivity index (χ4n) is 3.29. The van der Waals surface area contributed by atoms with Crippen LogP contribution in [0.1, 0.15) is 43.0 Å². The molecule has 2 aliphatic rings. The van der Waals surface area contributed by atoms with Crippen molar-refractivity contribution < 1.29 is 9.59 Å². The average Bonchev–Trinajstić information content (AvgIpc) is 2.86. The highest BCUT2D eigenvalue weighted by Crippen LogP contribution is 2.22. The van der Waals surface area contributed by atoms with E-state index in [2.05, 4.69) is 10.6 Å². The molecule has 3 rings (SSSR count). The Morgan fingerprint density at radius 1 is 1.27 bits per heavy atom. The van der Waals surface area contributed by atoms with Gasteiger partial charge in [-0.25, -0.2) is 0 Å². The summed E-state index contributed by atoms with van der Waals surface area (Å²) in [6, 6.07) is 8.22. The Morgan fingerprint density at radius 3 is 2.91 bits per heavy atom. The van der Waals surface area contributed by atoms with Gasteiger partial charge in [-0.1, -0.05) is 13.0 Å². The van der Waals surface area contributed by atoms with E-state index in [0.29, 0.717) is 29.8 Å². The molecular weight excluding hydrogens is 278 g/mol. The third-order valence-corrected chi connectivity index (χ3v) is 4.52. The number of carbonyl (C=O) groups is 2. The van der Waals surface area contributed by atoms with Gasteiger partial charge in [0.25, 0.3) is 5.91 Å². The number of amides is 2. The number of anilines is 1. The molecule has 2 unspecified atom stereocenters. The summed E-state index contributed by atoms with van der Waals surface area (Å²) >= 11 is 0. The number of likely N-dealkylation sites (tertiary alicyclic amines) is 1. The third kappa shape index (κ3) is 3.30. The van der Waals surface area contributed by atoms with E-state index < -0.39 is 0 Å². The summed E-state index contributed by atoms with van der Waals surface area (Å²) < 4.78 is 0. The van der Waals surface area contributed by atoms with Crippen LogP contribution in [-0.2, 0) is 4.79 Å². The first-order valence-corrected chi connectivity index (χ1v) is 8.11. The molecular formula is C17H23N3O2. The summed E-state index contributed by atoms with van der Waals surface area (Å²) in [5.41, 5.74) is 1.33. The molecule has 118 valence electrons. The predicted octanol–water partition coefficient (Wildman–Crippen LogP) is 2.00. The third-order valence-electron chi connectivity index (χ3n) is 4.52. The summed E-state index contributed by atoms with van der Waals surface area (Å²) in [7, 11) is 0. The largest absolute Gasteiger partial charge is 0.337 e. The molecule has 5 heteroatoms. The maximum absolute atomic E-state index is 12.7. The van der Waals surface area contributed by atoms with E-state index in [1.165, 1.54) is 6.42 Å². The van der Waals surface area contributed by atoms with Gasteiger partial charge in [-0.3, -0.25) is 9.59 Å². The molecule has 1 aromatic carbocycles. The van der Waals surface area contributed by atoms with Crippen LogP contribution < -0.4 is 10.6 Å². The molecule has 5 nitrogen and oxygen atoms in total. The second-order valence-electron chi connectivity index (χ2n) is 6.16. The summed E-state index contributed by atoms with van der Waals surface area (Å²) in [5.74, 6) is 0.0165. The van der Waals surface area contributed by atoms with Gasteiger partial charge in [0.1, 0.15) is 0 Å². The molecule has 22 heavy (non-hydrogen) atoms. The lowest BCUT2D eigenvalue weighted by Crippen LogP contribution is -2.39. The highest BCUT2D eigenvalue weighted by atomic mass is 16.2. The van der Waals surface area contributed by atoms with Crippen molar-refractivity contribution >= 4 is 17.5 Å². The Balaban J connectivity index is 1.71. The SMILES string of the molecule is CCC(=O)Nc1cccc(C(=O)N2CCC3CCC(C2)N3)c1. The van der Waals surface area contributed by atoms with E-state index in [4.69, 9.17) is 0 Å². The summed E-state index contributed by atoms with van der Waals surface area (Å²) in [6.07, 6.45) is 3.83. The van der Waals surface area contributed by atoms with E-state index in [9.17, 15) is 9.59 Å². The van der Waals surface area contributed by atoms with Crippen LogP contribution in [0.2, 0.25) is 0 Å². The molecule has 0 radical (unpaired) electrons. The van der Waals surface area contributed by atoms with Crippen molar-refractivity contribution in [3.05, 3.63) is 29.8 Å². The van der Waals surface area contributed by atoms with Crippen molar-refractivity contribution in [2.45, 2.75) is 44.7 Å². The molecule has 2 saturated heterocycles. The monoisotopic (exact) mass is 301 g/mol. The molecule has 2 N–H and O–H groups in total. The number of fused-ring (bicyclic) bond motifs is 2. The topological polar surface area (TPSA) is 61.4 Å². The molecule has 2 bridgehead atoms. The fraction of sp³-hybridized carbons (Fsp3) is 0.529. The minimum Gasteiger partial charge on any atom is -0.337 e. The fourth-order valence-corrected chi connectivity index (χ4v) is 3.29. The smallest absolute Gasteiger partial charge is 0.253 e. The van der Waals surface area contributed by atoms with Crippen molar-refractivity contribution in [1.29, 1.82) is 0 Å². The Bertz CT molecular complexity index is 573. The summed E-state index contributed by atoms with van der Waals surface area (Å²) in [6.45, 7) is 3.39. The first kappa shape index (κ1) is 15.0. The molecule has 2 atom stereocenters. The molecule has 2 fully saturated rings. The Hall–Kier alpha value is -1.88. The van der Waals surface area contributed by atoms with Crippen LogP contribution in [0.15, 0.2) is 24.3 Å². The maximum Gasteiger partial charge on any atom is 0.253 e. The van der Waals surface area contributed by atoms with Crippen LogP contribution in [0.25, 0.3) is 0 Å². The van der Waals surface area contributed by atoms with Crippen molar-refractivity contribution in [2.75, 3.05) is 18.4 Å². The molecule has 2 amide bonds. The van der Waals surface area contributed by atoms with Crippen LogP contribution in [0, 0.1) is 0 Å². The minimum atomic E-state index is -0.0409. The van der Waals surface area contributed by atoms with Gasteiger partial charge in [0.15, 0.2) is 0 Å². The molecule has 0 aromatic heterocycles. The van der Waals surface area contributed by atoms with Gasteiger partial charge >= 0.3 is 0 Å². The predicted molar refractivity (Wildman–Crippen MR) is 85.8 cm³/mol. The number of hydrogen-bond donors (Lipinski definition) is 2. The number of rotatable bonds is 3. The summed E-state index contributed by atoms with van der Waals surface area (Å²) in [4.78, 5) is 26.1. The van der Waals surface area contributed by atoms with Crippen molar-refractivity contribution in [3.63, 3.8) is 0 Å². The lowest BCUT2D eigenvalue weighted by Gasteiger charge is -2.24. The maximum atomic E-state index is 12.7. The van der Waals surface area contributed by atoms with Crippen LogP contribution in [-0.4, -0.2) is 41.9 Å². The molecule has 2 aliphatic heterocycles. The van der Waals surface area contributed by atoms with Gasteiger partial charge in [-0.2, -0.15) is 0 Å². The van der Waals surface area contributed by atoms with Gasteiger partial charge in [0.05, 0.1) is 0 Å². The Labute approximate surface area is 131 Å². The van der Waals surface area contributed by atoms with E-state index in [1.807, 2.05) is 30.0 Å². The van der Waals surface area contributed by atoms with Gasteiger partial charge < -0.3 is 15.5 Å². The van der Waals surface area contributed by atoms with Gasteiger partial charge in [-0.05, 0) is 37.5 Å². The lowest BCUT2D eigenvalue weighted by molar-refractivity contribution is -0.115. The van der Waals surface area contributed by atoms with E-state index >= 15 is 0 Å². The Kier molecular flexibility index (Phi) is 4.43. The number of benzene rings is 1. The normalized spacial score (nSPS) is 24.0. The van der Waals surface area contributed by atoms with Crippen LogP contribution in [0.5, 0.6) is 0 Å². The highest BCUT2D eigenvalue weighted by molar-refractivity contribution is 5.97. The van der Waals surface area contributed by atoms with Crippen LogP contribution in [0.4, 0.5) is 5.69 Å². The lowest BCUT2D eigenvalue weighted by atomic mass is 10.1. The first-order valence-electron chi connectivity index (χ1n) is 8.11. The molecule has 2 heterocycles. The van der Waals surface area contributed by atoms with Crippen LogP contribution in [0.3, 0.4) is 0 Å². The second-order valence-corrected chi connectivity index (χ2v) is 6.16. The van der Waals surface area contributed by atoms with Gasteiger partial charge in [0, 0.05) is 42.8 Å². The first-order chi connectivity index (χ1) is 10.7. The molecule has 0 aliphatic carbocycles. The number of carbonyl (C=O) groups excluding carboxylic acids is 2. The van der Waals surface area contributed by atoms with E-state index in [0.717, 1.165) is 25.9 Å². The van der Waals surface area contributed by atoms with Gasteiger partial charge in [0.2, 0.25) is 5.91 Å². The Morgan fingerprint density at radius 2 is 2.09 bits per heavy atom. The quantitative estimate of drug-likeness (QED) is 0.897. The van der Waals surface area contributed by atoms with Crippen molar-refractivity contribution in [2.24, 2.45) is 0 Å². The minimum absolute atomic E-state index is 0.0409. The zero-order valence-corrected chi connectivity index (χ0v) is 13.0. The zero-order chi connectivity index (χ0) is 15.5. The average molecular weight is 301 g/mol. The molecule has 0 saturated carbocycles. The number of nitrogens with one attached hydrogen (secondary N) is 2.